The Labute approximate surface area is 163 Å². The number of hydrogen-bond acceptors (Lipinski definition) is 3. The molecule has 0 aliphatic carbocycles. The van der Waals surface area contributed by atoms with Gasteiger partial charge in [-0.25, -0.2) is 9.78 Å². The van der Waals surface area contributed by atoms with Crippen LogP contribution in [0.15, 0.2) is 48.5 Å². The van der Waals surface area contributed by atoms with Crippen molar-refractivity contribution in [3.8, 4) is 0 Å². The van der Waals surface area contributed by atoms with E-state index in [0.717, 1.165) is 35.5 Å². The summed E-state index contributed by atoms with van der Waals surface area (Å²) in [6.07, 6.45) is 0.818. The number of urea groups is 1. The Bertz CT molecular complexity index is 1010. The Balaban J connectivity index is 1.31. The van der Waals surface area contributed by atoms with Crippen molar-refractivity contribution in [1.82, 2.24) is 20.2 Å². The lowest BCUT2D eigenvalue weighted by molar-refractivity contribution is 0.0953. The third-order valence-corrected chi connectivity index (χ3v) is 4.99. The molecule has 1 fully saturated rings. The van der Waals surface area contributed by atoms with Crippen molar-refractivity contribution in [2.24, 2.45) is 0 Å². The molecule has 2 N–H and O–H groups in total. The fraction of sp³-hybridized carbons (Fsp3) is 0.286. The third kappa shape index (κ3) is 3.55. The van der Waals surface area contributed by atoms with E-state index >= 15 is 0 Å². The van der Waals surface area contributed by atoms with E-state index in [1.54, 1.807) is 29.2 Å². The monoisotopic (exact) mass is 377 g/mol. The minimum Gasteiger partial charge on any atom is -0.352 e. The van der Waals surface area contributed by atoms with Crippen LogP contribution >= 0.6 is 0 Å². The zero-order valence-corrected chi connectivity index (χ0v) is 15.8. The number of nitrogens with zero attached hydrogens (tertiary/aromatic N) is 3. The summed E-state index contributed by atoms with van der Waals surface area (Å²) in [5.74, 6) is 0.874. The maximum atomic E-state index is 12.4. The lowest BCUT2D eigenvalue weighted by Crippen LogP contribution is -2.28. The van der Waals surface area contributed by atoms with Crippen molar-refractivity contribution in [3.63, 3.8) is 0 Å². The van der Waals surface area contributed by atoms with Crippen molar-refractivity contribution >= 4 is 28.7 Å². The first-order chi connectivity index (χ1) is 13.6. The van der Waals surface area contributed by atoms with Crippen LogP contribution < -0.4 is 15.5 Å². The molecule has 0 spiro atoms. The van der Waals surface area contributed by atoms with Crippen molar-refractivity contribution in [2.45, 2.75) is 19.9 Å². The number of hydrogen-bond donors (Lipinski definition) is 2. The lowest BCUT2D eigenvalue weighted by atomic mass is 10.2. The van der Waals surface area contributed by atoms with Crippen LogP contribution in [0.3, 0.4) is 0 Å². The molecule has 3 aromatic rings. The fourth-order valence-corrected chi connectivity index (χ4v) is 3.53. The topological polar surface area (TPSA) is 79.3 Å². The number of rotatable bonds is 6. The fourth-order valence-electron chi connectivity index (χ4n) is 3.53. The summed E-state index contributed by atoms with van der Waals surface area (Å²) in [6, 6.07) is 15.1. The number of anilines is 1. The Kier molecular flexibility index (Phi) is 4.97. The first-order valence-electron chi connectivity index (χ1n) is 9.49. The van der Waals surface area contributed by atoms with Crippen LogP contribution in [0.1, 0.15) is 22.6 Å². The number of imidazole rings is 1. The molecule has 7 heteroatoms. The highest BCUT2D eigenvalue weighted by Gasteiger charge is 2.21. The number of carbonyl (C=O) groups is 2. The van der Waals surface area contributed by atoms with Crippen LogP contribution in [0.5, 0.6) is 0 Å². The number of benzene rings is 2. The summed E-state index contributed by atoms with van der Waals surface area (Å²) in [5, 5.41) is 5.73. The Hall–Kier alpha value is -3.35. The van der Waals surface area contributed by atoms with Crippen LogP contribution in [-0.4, -0.2) is 41.1 Å². The van der Waals surface area contributed by atoms with Gasteiger partial charge in [0.15, 0.2) is 0 Å². The van der Waals surface area contributed by atoms with Gasteiger partial charge in [-0.2, -0.15) is 0 Å². The average molecular weight is 377 g/mol. The van der Waals surface area contributed by atoms with Gasteiger partial charge in [-0.3, -0.25) is 9.69 Å². The maximum absolute atomic E-state index is 12.4. The molecule has 28 heavy (non-hydrogen) atoms. The number of fused-ring (bicyclic) bond motifs is 1. The van der Waals surface area contributed by atoms with Gasteiger partial charge >= 0.3 is 6.03 Å². The molecule has 0 radical (unpaired) electrons. The first kappa shape index (κ1) is 18.0. The van der Waals surface area contributed by atoms with Crippen LogP contribution in [0.4, 0.5) is 10.5 Å². The van der Waals surface area contributed by atoms with Crippen LogP contribution in [0.2, 0.25) is 0 Å². The number of para-hydroxylation sites is 2. The molecule has 144 valence electrons. The predicted molar refractivity (Wildman–Crippen MR) is 109 cm³/mol. The molecular weight excluding hydrogens is 354 g/mol. The number of carbonyl (C=O) groups excluding carboxylic acids is 2. The molecular formula is C21H23N5O2. The molecule has 0 unspecified atom stereocenters. The number of aryl methyl sites for hydroxylation is 2. The molecule has 1 aliphatic heterocycles. The molecule has 7 nitrogen and oxygen atoms in total. The molecule has 2 heterocycles. The highest BCUT2D eigenvalue weighted by molar-refractivity contribution is 5.97. The van der Waals surface area contributed by atoms with Gasteiger partial charge in [-0.05, 0) is 49.7 Å². The SMILES string of the molecule is Cc1nc2ccccc2n1CCCNC(=O)c1ccc(N2CCNC2=O)cc1. The van der Waals surface area contributed by atoms with Gasteiger partial charge in [0, 0.05) is 37.4 Å². The summed E-state index contributed by atoms with van der Waals surface area (Å²) in [4.78, 5) is 30.3. The molecule has 1 saturated heterocycles. The standard InChI is InChI=1S/C21H23N5O2/c1-15-24-18-5-2-3-6-19(18)25(15)13-4-11-22-20(27)16-7-9-17(10-8-16)26-14-12-23-21(26)28/h2-3,5-10H,4,11-14H2,1H3,(H,22,27)(H,23,28). The molecule has 1 aromatic heterocycles. The quantitative estimate of drug-likeness (QED) is 0.648. The predicted octanol–water partition coefficient (Wildman–Crippen LogP) is 2.69. The van der Waals surface area contributed by atoms with Crippen LogP contribution in [-0.2, 0) is 6.54 Å². The van der Waals surface area contributed by atoms with Gasteiger partial charge in [0.1, 0.15) is 5.82 Å². The maximum Gasteiger partial charge on any atom is 0.321 e. The zero-order chi connectivity index (χ0) is 19.5. The van der Waals surface area contributed by atoms with Gasteiger partial charge in [0.05, 0.1) is 11.0 Å². The Morgan fingerprint density at radius 3 is 2.71 bits per heavy atom. The van der Waals surface area contributed by atoms with Crippen molar-refractivity contribution < 1.29 is 9.59 Å². The molecule has 0 bridgehead atoms. The Morgan fingerprint density at radius 1 is 1.18 bits per heavy atom. The number of aromatic nitrogens is 2. The second-order valence-corrected chi connectivity index (χ2v) is 6.84. The molecule has 4 rings (SSSR count). The van der Waals surface area contributed by atoms with E-state index in [1.165, 1.54) is 0 Å². The van der Waals surface area contributed by atoms with Gasteiger partial charge in [-0.15, -0.1) is 0 Å². The zero-order valence-electron chi connectivity index (χ0n) is 15.8. The highest BCUT2D eigenvalue weighted by Crippen LogP contribution is 2.18. The van der Waals surface area contributed by atoms with E-state index in [9.17, 15) is 9.59 Å². The average Bonchev–Trinajstić information content (AvgIpc) is 3.28. The lowest BCUT2D eigenvalue weighted by Gasteiger charge is -2.14. The Morgan fingerprint density at radius 2 is 1.96 bits per heavy atom. The van der Waals surface area contributed by atoms with Gasteiger partial charge in [0.25, 0.3) is 5.91 Å². The van der Waals surface area contributed by atoms with Crippen molar-refractivity contribution in [1.29, 1.82) is 0 Å². The second kappa shape index (κ2) is 7.72. The normalized spacial score (nSPS) is 13.8. The van der Waals surface area contributed by atoms with E-state index < -0.39 is 0 Å². The summed E-state index contributed by atoms with van der Waals surface area (Å²) in [5.41, 5.74) is 3.50. The van der Waals surface area contributed by atoms with Gasteiger partial charge in [-0.1, -0.05) is 12.1 Å². The summed E-state index contributed by atoms with van der Waals surface area (Å²) >= 11 is 0. The van der Waals surface area contributed by atoms with E-state index in [0.29, 0.717) is 25.2 Å². The molecule has 2 aromatic carbocycles. The highest BCUT2D eigenvalue weighted by atomic mass is 16.2. The summed E-state index contributed by atoms with van der Waals surface area (Å²) in [6.45, 7) is 4.68. The van der Waals surface area contributed by atoms with Crippen LogP contribution in [0.25, 0.3) is 11.0 Å². The largest absolute Gasteiger partial charge is 0.352 e. The van der Waals surface area contributed by atoms with Gasteiger partial charge in [0.2, 0.25) is 0 Å². The van der Waals surface area contributed by atoms with E-state index in [1.807, 2.05) is 25.1 Å². The minimum absolute atomic E-state index is 0.0977. The second-order valence-electron chi connectivity index (χ2n) is 6.84. The van der Waals surface area contributed by atoms with E-state index in [2.05, 4.69) is 26.3 Å². The number of nitrogens with one attached hydrogen (secondary N) is 2. The number of amides is 3. The van der Waals surface area contributed by atoms with E-state index in [4.69, 9.17) is 0 Å². The third-order valence-electron chi connectivity index (χ3n) is 4.99. The molecule has 0 saturated carbocycles. The first-order valence-corrected chi connectivity index (χ1v) is 9.49. The molecule has 3 amide bonds. The summed E-state index contributed by atoms with van der Waals surface area (Å²) < 4.78 is 2.18. The van der Waals surface area contributed by atoms with Crippen molar-refractivity contribution in [3.05, 3.63) is 59.9 Å². The molecule has 0 atom stereocenters. The summed E-state index contributed by atoms with van der Waals surface area (Å²) in [7, 11) is 0. The van der Waals surface area contributed by atoms with Gasteiger partial charge < -0.3 is 15.2 Å². The van der Waals surface area contributed by atoms with Crippen LogP contribution in [0, 0.1) is 6.92 Å². The smallest absolute Gasteiger partial charge is 0.321 e. The minimum atomic E-state index is -0.107. The van der Waals surface area contributed by atoms with E-state index in [-0.39, 0.29) is 11.9 Å². The molecule has 1 aliphatic rings. The van der Waals surface area contributed by atoms with Crippen molar-refractivity contribution in [2.75, 3.05) is 24.5 Å².